The zero-order valence-corrected chi connectivity index (χ0v) is 81.1. The summed E-state index contributed by atoms with van der Waals surface area (Å²) in [5, 5.41) is 71.6. The SMILES string of the molecule is CC12C(=O)c3[nH]ncc3C(c3ccccc31)N2S(=O)(=O)c1ccc(C(F)(F)F)cc1.CC12NC(c3ccccc31)c1cn[nH]c1C2O.CC12c3ccccc3C(C3C=NN=C3C1O)N2S(=O)(=O)c1ccc(C(F)(F)F)cc1.CC12c3ccccc3C(c3cn[nH]c3C1O)N2S(=O)(=O)c1ccc(C(F)(F)F)cc1.COc1ccc(CN2C3c4ccccc4C2(C)C(=O)c2[nH]ncc23)cc1.CS(=O)(=O)c1ccc(C(F)(F)F)cc1. The van der Waals surface area contributed by atoms with Crippen molar-refractivity contribution in [2.75, 3.05) is 13.4 Å². The van der Waals surface area contributed by atoms with Gasteiger partial charge in [0.2, 0.25) is 41.6 Å². The Balaban J connectivity index is 0.000000109. The fraction of sp³-hybridized carbons (Fsp3) is 0.255. The molecule has 14 atom stereocenters. The number of halogens is 12. The first-order valence-electron chi connectivity index (χ1n) is 45.3. The number of nitrogens with zero attached hydrogens (tertiary/aromatic N) is 10. The van der Waals surface area contributed by atoms with Crippen LogP contribution in [0.4, 0.5) is 52.7 Å². The molecule has 0 radical (unpaired) electrons. The number of piperidine rings is 1. The van der Waals surface area contributed by atoms with Gasteiger partial charge in [-0.15, -0.1) is 0 Å². The van der Waals surface area contributed by atoms with Crippen molar-refractivity contribution in [1.82, 2.24) is 63.9 Å². The number of methoxy groups -OCH3 is 1. The Morgan fingerprint density at radius 1 is 0.381 bits per heavy atom. The normalized spacial score (nSPS) is 25.4. The maximum Gasteiger partial charge on any atom is 0.416 e. The zero-order valence-electron chi connectivity index (χ0n) is 77.9. The summed E-state index contributed by atoms with van der Waals surface area (Å²) < 4.78 is 265. The van der Waals surface area contributed by atoms with Crippen molar-refractivity contribution in [2.45, 2.75) is 162 Å². The van der Waals surface area contributed by atoms with Gasteiger partial charge in [0.05, 0.1) is 144 Å². The van der Waals surface area contributed by atoms with E-state index in [2.05, 4.69) is 97.6 Å². The van der Waals surface area contributed by atoms with E-state index >= 15 is 0 Å². The highest BCUT2D eigenvalue weighted by Gasteiger charge is 2.68. The van der Waals surface area contributed by atoms with E-state index in [0.29, 0.717) is 62.6 Å². The molecule has 1 fully saturated rings. The number of Topliss-reactive ketones (excluding diaryl/α,β-unsaturated/α-hetero) is 2. The number of sulfone groups is 1. The maximum atomic E-state index is 13.7. The molecule has 0 aliphatic carbocycles. The van der Waals surface area contributed by atoms with Gasteiger partial charge in [0, 0.05) is 41.3 Å². The highest BCUT2D eigenvalue weighted by molar-refractivity contribution is 7.91. The predicted octanol–water partition coefficient (Wildman–Crippen LogP) is 17.1. The maximum absolute atomic E-state index is 13.7. The first kappa shape index (κ1) is 100. The van der Waals surface area contributed by atoms with Gasteiger partial charge in [-0.05, 0) is 205 Å². The monoisotopic (exact) mass is 2100 g/mol. The lowest BCUT2D eigenvalue weighted by Crippen LogP contribution is -2.61. The van der Waals surface area contributed by atoms with Crippen molar-refractivity contribution >= 4 is 63.4 Å². The third-order valence-corrected chi connectivity index (χ3v) is 36.6. The Hall–Kier alpha value is -13.8. The van der Waals surface area contributed by atoms with Crippen LogP contribution in [0.25, 0.3) is 0 Å². The van der Waals surface area contributed by atoms with Gasteiger partial charge in [-0.25, -0.2) is 33.7 Å². The molecule has 4 aromatic heterocycles. The summed E-state index contributed by atoms with van der Waals surface area (Å²) >= 11 is 0. The first-order valence-corrected chi connectivity index (χ1v) is 51.6. The number of rotatable bonds is 10. The number of benzene rings is 10. The number of hydrogen-bond donors (Lipinski definition) is 8. The molecule has 0 saturated carbocycles. The summed E-state index contributed by atoms with van der Waals surface area (Å²) in [5.41, 5.74) is 6.15. The summed E-state index contributed by atoms with van der Waals surface area (Å²) in [6.45, 7) is 9.48. The summed E-state index contributed by atoms with van der Waals surface area (Å²) in [6, 6.07) is 57.0. The molecule has 15 heterocycles. The molecule has 8 N–H and O–H groups in total. The smallest absolute Gasteiger partial charge is 0.416 e. The largest absolute Gasteiger partial charge is 0.497 e. The summed E-state index contributed by atoms with van der Waals surface area (Å²) in [6.07, 6.45) is -12.3. The second kappa shape index (κ2) is 35.2. The Morgan fingerprint density at radius 2 is 0.748 bits per heavy atom. The van der Waals surface area contributed by atoms with Gasteiger partial charge in [-0.2, -0.15) is 96.2 Å². The lowest BCUT2D eigenvalue weighted by atomic mass is 9.81. The van der Waals surface area contributed by atoms with Crippen LogP contribution < -0.4 is 10.1 Å². The third kappa shape index (κ3) is 15.7. The minimum atomic E-state index is -4.59. The minimum Gasteiger partial charge on any atom is -0.497 e. The average Bonchev–Trinajstić information content (AvgIpc) is 1.53. The number of fused-ring (bicyclic) bond motifs is 35. The van der Waals surface area contributed by atoms with E-state index in [0.717, 1.165) is 147 Å². The number of ether oxygens (including phenoxy) is 1. The molecule has 11 aliphatic rings. The third-order valence-electron chi connectivity index (χ3n) is 29.6. The topological polar surface area (TPSA) is 405 Å². The van der Waals surface area contributed by atoms with Crippen LogP contribution in [0.2, 0.25) is 0 Å². The van der Waals surface area contributed by atoms with Crippen molar-refractivity contribution < 1.29 is 116 Å². The molecule has 10 bridgehead atoms. The lowest BCUT2D eigenvalue weighted by molar-refractivity contribution is -0.138. The number of carbonyl (C=O) groups excluding carboxylic acids is 2. The molecule has 1 saturated heterocycles. The van der Waals surface area contributed by atoms with Gasteiger partial charge in [0.15, 0.2) is 9.84 Å². The molecule has 147 heavy (non-hydrogen) atoms. The number of aromatic nitrogens is 8. The number of aliphatic hydroxyl groups excluding tert-OH is 3. The van der Waals surface area contributed by atoms with Crippen molar-refractivity contribution in [3.63, 3.8) is 0 Å². The van der Waals surface area contributed by atoms with E-state index in [9.17, 15) is 111 Å². The molecule has 0 amide bonds. The Morgan fingerprint density at radius 3 is 1.23 bits per heavy atom. The quantitative estimate of drug-likeness (QED) is 0.0590. The fourth-order valence-electron chi connectivity index (χ4n) is 22.4. The number of aromatic amines is 4. The second-order valence-electron chi connectivity index (χ2n) is 37.6. The molecule has 45 heteroatoms. The van der Waals surface area contributed by atoms with Crippen LogP contribution in [-0.2, 0) is 98.9 Å². The standard InChI is InChI=1S/C21H19N3O2.2C20H16F3N3O3S.C20H14F3N3O3S.C13H13N3O.C8H7F3O2S/c1-21-17-6-4-3-5-15(17)19(16-11-22-23-18(16)20(21)25)24(21)12-13-7-9-14(26-2)10-8-13;3*1-19-15-5-3-2-4-13(15)17(14-10-24-25-16(14)18(19)27)26(19)30(28,29)12-8-6-11(7-9-12)20(21,22)23;1-13-9-5-3-2-4-7(9)10(15-13)8-6-14-16-11(8)12(13)17;1-14(12,13)7-4-2-6(3-5-7)8(9,10)11/h3-11,19H,12H2,1-2H3,(H,22,23);2-10,17-18,27H,1H3,(H,24,25);2-10,14,17-18,27H,1H3;2-10,17H,1H3,(H,24,25);2-6,10,12,15,17H,1H3,(H,14,16);2-5H,1H3. The highest BCUT2D eigenvalue weighted by Crippen LogP contribution is 2.64. The summed E-state index contributed by atoms with van der Waals surface area (Å²) in [4.78, 5) is 28.1. The molecule has 760 valence electrons. The van der Waals surface area contributed by atoms with Crippen molar-refractivity contribution in [2.24, 2.45) is 16.1 Å². The Bertz CT molecular complexity index is 8200. The fourth-order valence-corrected chi connectivity index (χ4v) is 28.7. The van der Waals surface area contributed by atoms with Gasteiger partial charge in [-0.1, -0.05) is 133 Å². The minimum absolute atomic E-state index is 0.0322. The number of sulfonamides is 3. The van der Waals surface area contributed by atoms with E-state index in [1.165, 1.54) is 50.8 Å². The van der Waals surface area contributed by atoms with Crippen molar-refractivity contribution in [3.8, 4) is 5.75 Å². The lowest BCUT2D eigenvalue weighted by Gasteiger charge is -2.46. The number of H-pyrrole nitrogens is 4. The van der Waals surface area contributed by atoms with E-state index < -0.39 is 163 Å². The number of carbonyl (C=O) groups is 2. The molecule has 0 spiro atoms. The highest BCUT2D eigenvalue weighted by atomic mass is 32.2. The number of nitrogens with one attached hydrogen (secondary N) is 5. The number of ketones is 2. The molecule has 10 aromatic carbocycles. The number of alkyl halides is 12. The van der Waals surface area contributed by atoms with Crippen molar-refractivity contribution in [1.29, 1.82) is 0 Å². The van der Waals surface area contributed by atoms with Gasteiger partial charge in [0.25, 0.3) is 0 Å². The first-order chi connectivity index (χ1) is 69.3. The van der Waals surface area contributed by atoms with E-state index in [1.807, 2.05) is 50.2 Å². The molecule has 14 aromatic rings. The zero-order chi connectivity index (χ0) is 105. The molecule has 14 unspecified atom stereocenters. The van der Waals surface area contributed by atoms with Gasteiger partial charge in [-0.3, -0.25) is 40.2 Å². The van der Waals surface area contributed by atoms with Crippen LogP contribution in [0.5, 0.6) is 5.75 Å². The van der Waals surface area contributed by atoms with Crippen molar-refractivity contribution in [3.05, 3.63) is 396 Å². The number of aliphatic hydroxyl groups is 3. The summed E-state index contributed by atoms with van der Waals surface area (Å²) in [7, 11) is -14.6. The van der Waals surface area contributed by atoms with Gasteiger partial charge in [0.1, 0.15) is 46.5 Å². The molecule has 25 rings (SSSR count). The van der Waals surface area contributed by atoms with Crippen LogP contribution >= 0.6 is 0 Å². The average molecular weight is 2100 g/mol. The van der Waals surface area contributed by atoms with Crippen LogP contribution in [0.15, 0.2) is 297 Å². The van der Waals surface area contributed by atoms with Gasteiger partial charge < -0.3 is 20.1 Å². The summed E-state index contributed by atoms with van der Waals surface area (Å²) in [5.74, 6) is -0.106. The van der Waals surface area contributed by atoms with E-state index in [-0.39, 0.29) is 43.1 Å². The number of hydrogen-bond acceptors (Lipinski definition) is 22. The van der Waals surface area contributed by atoms with Crippen LogP contribution in [-0.4, -0.2) is 151 Å². The van der Waals surface area contributed by atoms with Crippen LogP contribution in [0, 0.1) is 5.92 Å². The Labute approximate surface area is 831 Å². The Kier molecular flexibility index (Phi) is 24.1. The molecular weight excluding hydrogens is 2020 g/mol. The van der Waals surface area contributed by atoms with Crippen LogP contribution in [0.3, 0.4) is 0 Å². The molecule has 29 nitrogen and oxygen atoms in total. The van der Waals surface area contributed by atoms with Gasteiger partial charge >= 0.3 is 24.7 Å². The molecule has 11 aliphatic heterocycles. The van der Waals surface area contributed by atoms with E-state index in [1.54, 1.807) is 106 Å². The predicted molar refractivity (Wildman–Crippen MR) is 505 cm³/mol. The van der Waals surface area contributed by atoms with E-state index in [4.69, 9.17) is 4.74 Å². The van der Waals surface area contributed by atoms with Crippen LogP contribution in [0.1, 0.15) is 215 Å². The molecular formula is C102H85F12N15O14S4. The second-order valence-corrected chi connectivity index (χ2v) is 45.1.